The van der Waals surface area contributed by atoms with E-state index in [9.17, 15) is 4.79 Å². The van der Waals surface area contributed by atoms with E-state index in [1.54, 1.807) is 0 Å². The second-order valence-corrected chi connectivity index (χ2v) is 6.19. The minimum atomic E-state index is -0.630. The van der Waals surface area contributed by atoms with Gasteiger partial charge >= 0.3 is 0 Å². The Morgan fingerprint density at radius 1 is 1.50 bits per heavy atom. The maximum atomic E-state index is 11.8. The van der Waals surface area contributed by atoms with Gasteiger partial charge in [0.15, 0.2) is 0 Å². The maximum Gasteiger partial charge on any atom is 0.237 e. The van der Waals surface area contributed by atoms with Crippen molar-refractivity contribution in [2.75, 3.05) is 26.8 Å². The van der Waals surface area contributed by atoms with Gasteiger partial charge in [-0.1, -0.05) is 6.92 Å². The summed E-state index contributed by atoms with van der Waals surface area (Å²) in [6, 6.07) is 0.849. The van der Waals surface area contributed by atoms with Gasteiger partial charge in [-0.25, -0.2) is 0 Å². The smallest absolute Gasteiger partial charge is 0.237 e. The van der Waals surface area contributed by atoms with Crippen molar-refractivity contribution in [1.82, 2.24) is 10.2 Å². The molecule has 0 aliphatic carbocycles. The van der Waals surface area contributed by atoms with Crippen LogP contribution in [0.3, 0.4) is 0 Å². The maximum absolute atomic E-state index is 11.8. The van der Waals surface area contributed by atoms with Crippen LogP contribution in [0.15, 0.2) is 0 Å². The molecule has 5 nitrogen and oxygen atoms in total. The number of primary amides is 1. The molecular weight excluding hydrogens is 254 g/mol. The first-order valence-corrected chi connectivity index (χ1v) is 7.75. The minimum absolute atomic E-state index is 0.266. The average Bonchev–Trinajstić information content (AvgIpc) is 2.45. The summed E-state index contributed by atoms with van der Waals surface area (Å²) >= 11 is 0. The molecule has 20 heavy (non-hydrogen) atoms. The number of carbonyl (C=O) groups is 1. The fourth-order valence-corrected chi connectivity index (χ4v) is 2.85. The number of nitrogens with zero attached hydrogens (tertiary/aromatic N) is 1. The van der Waals surface area contributed by atoms with Crippen LogP contribution in [0.1, 0.15) is 46.5 Å². The van der Waals surface area contributed by atoms with E-state index in [0.717, 1.165) is 45.4 Å². The van der Waals surface area contributed by atoms with Crippen molar-refractivity contribution in [3.63, 3.8) is 0 Å². The lowest BCUT2D eigenvalue weighted by Gasteiger charge is -2.39. The van der Waals surface area contributed by atoms with Gasteiger partial charge in [0.1, 0.15) is 0 Å². The molecule has 0 bridgehead atoms. The molecule has 1 rings (SSSR count). The first kappa shape index (κ1) is 17.4. The van der Waals surface area contributed by atoms with E-state index in [-0.39, 0.29) is 5.91 Å². The zero-order valence-corrected chi connectivity index (χ0v) is 13.4. The van der Waals surface area contributed by atoms with Gasteiger partial charge in [0.2, 0.25) is 5.91 Å². The summed E-state index contributed by atoms with van der Waals surface area (Å²) in [7, 11) is 2.14. The van der Waals surface area contributed by atoms with Gasteiger partial charge in [-0.3, -0.25) is 4.79 Å². The van der Waals surface area contributed by atoms with Crippen LogP contribution in [0.5, 0.6) is 0 Å². The molecule has 1 heterocycles. The molecule has 118 valence electrons. The van der Waals surface area contributed by atoms with Gasteiger partial charge in [-0.05, 0) is 53.1 Å². The van der Waals surface area contributed by atoms with Crippen molar-refractivity contribution < 1.29 is 9.53 Å². The minimum Gasteiger partial charge on any atom is -0.381 e. The number of hydrogen-bond acceptors (Lipinski definition) is 4. The van der Waals surface area contributed by atoms with Crippen LogP contribution in [0.25, 0.3) is 0 Å². The molecule has 2 atom stereocenters. The fraction of sp³-hybridized carbons (Fsp3) is 0.933. The number of nitrogens with one attached hydrogen (secondary N) is 1. The summed E-state index contributed by atoms with van der Waals surface area (Å²) in [4.78, 5) is 14.2. The van der Waals surface area contributed by atoms with E-state index < -0.39 is 5.54 Å². The first-order valence-electron chi connectivity index (χ1n) is 7.75. The summed E-state index contributed by atoms with van der Waals surface area (Å²) in [5.41, 5.74) is 4.97. The summed E-state index contributed by atoms with van der Waals surface area (Å²) in [5, 5.41) is 3.31. The Bertz CT molecular complexity index is 305. The number of hydrogen-bond donors (Lipinski definition) is 2. The van der Waals surface area contributed by atoms with Gasteiger partial charge in [0, 0.05) is 25.3 Å². The quantitative estimate of drug-likeness (QED) is 0.701. The van der Waals surface area contributed by atoms with Gasteiger partial charge < -0.3 is 20.7 Å². The molecule has 1 fully saturated rings. The molecule has 0 aromatic heterocycles. The fourth-order valence-electron chi connectivity index (χ4n) is 2.85. The topological polar surface area (TPSA) is 67.6 Å². The highest BCUT2D eigenvalue weighted by atomic mass is 16.5. The lowest BCUT2D eigenvalue weighted by molar-refractivity contribution is -0.124. The Balaban J connectivity index is 2.59. The van der Waals surface area contributed by atoms with Crippen LogP contribution in [-0.4, -0.2) is 55.2 Å². The molecule has 3 N–H and O–H groups in total. The molecule has 1 aliphatic heterocycles. The molecule has 0 radical (unpaired) electrons. The molecule has 1 aliphatic rings. The highest BCUT2D eigenvalue weighted by Gasteiger charge is 2.34. The number of rotatable bonds is 8. The van der Waals surface area contributed by atoms with Gasteiger partial charge in [-0.2, -0.15) is 0 Å². The monoisotopic (exact) mass is 285 g/mol. The van der Waals surface area contributed by atoms with Crippen LogP contribution < -0.4 is 11.1 Å². The van der Waals surface area contributed by atoms with Crippen LogP contribution in [-0.2, 0) is 9.53 Å². The molecule has 1 amide bonds. The predicted molar refractivity (Wildman–Crippen MR) is 81.6 cm³/mol. The van der Waals surface area contributed by atoms with E-state index in [2.05, 4.69) is 31.1 Å². The summed E-state index contributed by atoms with van der Waals surface area (Å²) in [6.45, 7) is 8.66. The van der Waals surface area contributed by atoms with E-state index in [1.165, 1.54) is 0 Å². The lowest BCUT2D eigenvalue weighted by Crippen LogP contribution is -2.57. The Kier molecular flexibility index (Phi) is 6.92. The second kappa shape index (κ2) is 7.96. The van der Waals surface area contributed by atoms with E-state index in [0.29, 0.717) is 12.1 Å². The Morgan fingerprint density at radius 3 is 2.60 bits per heavy atom. The predicted octanol–water partition coefficient (Wildman–Crippen LogP) is 1.12. The van der Waals surface area contributed by atoms with Gasteiger partial charge in [0.05, 0.1) is 5.54 Å². The Hall–Kier alpha value is -0.650. The molecule has 0 spiro atoms. The van der Waals surface area contributed by atoms with Crippen LogP contribution in [0, 0.1) is 0 Å². The Labute approximate surface area is 123 Å². The normalized spacial score (nSPS) is 21.6. The summed E-state index contributed by atoms with van der Waals surface area (Å²) in [6.07, 6.45) is 3.86. The average molecular weight is 285 g/mol. The standard InChI is InChI=1S/C15H31N3O2/c1-5-8-17-15(3,14(16)19)11-12(2)18(4)13-6-9-20-10-7-13/h12-13,17H,5-11H2,1-4H3,(H2,16,19). The third kappa shape index (κ3) is 4.72. The molecule has 0 aromatic carbocycles. The zero-order chi connectivity index (χ0) is 15.2. The highest BCUT2D eigenvalue weighted by Crippen LogP contribution is 2.21. The number of carbonyl (C=O) groups excluding carboxylic acids is 1. The van der Waals surface area contributed by atoms with Crippen LogP contribution in [0.2, 0.25) is 0 Å². The lowest BCUT2D eigenvalue weighted by atomic mass is 9.91. The largest absolute Gasteiger partial charge is 0.381 e. The highest BCUT2D eigenvalue weighted by molar-refractivity contribution is 5.84. The molecule has 0 saturated carbocycles. The van der Waals surface area contributed by atoms with E-state index in [1.807, 2.05) is 6.92 Å². The number of ether oxygens (including phenoxy) is 1. The summed E-state index contributed by atoms with van der Waals surface area (Å²) < 4.78 is 5.41. The van der Waals surface area contributed by atoms with Crippen molar-refractivity contribution in [2.45, 2.75) is 64.1 Å². The molecule has 2 unspecified atom stereocenters. The van der Waals surface area contributed by atoms with E-state index in [4.69, 9.17) is 10.5 Å². The first-order chi connectivity index (χ1) is 9.40. The van der Waals surface area contributed by atoms with Gasteiger partial charge in [0.25, 0.3) is 0 Å². The van der Waals surface area contributed by atoms with Crippen molar-refractivity contribution in [2.24, 2.45) is 5.73 Å². The molecule has 5 heteroatoms. The van der Waals surface area contributed by atoms with Crippen molar-refractivity contribution in [3.8, 4) is 0 Å². The van der Waals surface area contributed by atoms with Crippen LogP contribution in [0.4, 0.5) is 0 Å². The summed E-state index contributed by atoms with van der Waals surface area (Å²) in [5.74, 6) is -0.266. The Morgan fingerprint density at radius 2 is 2.10 bits per heavy atom. The van der Waals surface area contributed by atoms with E-state index >= 15 is 0 Å². The molecule has 1 saturated heterocycles. The molecular formula is C15H31N3O2. The van der Waals surface area contributed by atoms with Crippen LogP contribution >= 0.6 is 0 Å². The zero-order valence-electron chi connectivity index (χ0n) is 13.4. The SMILES string of the molecule is CCCNC(C)(CC(C)N(C)C1CCOCC1)C(N)=O. The number of amides is 1. The van der Waals surface area contributed by atoms with Gasteiger partial charge in [-0.15, -0.1) is 0 Å². The third-order valence-electron chi connectivity index (χ3n) is 4.47. The van der Waals surface area contributed by atoms with Crippen molar-refractivity contribution in [3.05, 3.63) is 0 Å². The molecule has 0 aromatic rings. The van der Waals surface area contributed by atoms with Crippen molar-refractivity contribution in [1.29, 1.82) is 0 Å². The second-order valence-electron chi connectivity index (χ2n) is 6.19. The van der Waals surface area contributed by atoms with Crippen molar-refractivity contribution >= 4 is 5.91 Å². The third-order valence-corrected chi connectivity index (χ3v) is 4.47. The number of nitrogens with two attached hydrogens (primary N) is 1.